The predicted molar refractivity (Wildman–Crippen MR) is 58.9 cm³/mol. The molecule has 3 rings (SSSR count). The second-order valence-corrected chi connectivity index (χ2v) is 6.12. The highest BCUT2D eigenvalue weighted by Crippen LogP contribution is 2.46. The maximum Gasteiger partial charge on any atom is 0.321 e. The number of fused-ring (bicyclic) bond motifs is 3. The van der Waals surface area contributed by atoms with Gasteiger partial charge in [0.2, 0.25) is 0 Å². The summed E-state index contributed by atoms with van der Waals surface area (Å²) in [5, 5.41) is 12.4. The van der Waals surface area contributed by atoms with E-state index in [2.05, 4.69) is 10.2 Å². The average Bonchev–Trinajstić information content (AvgIpc) is 2.76. The van der Waals surface area contributed by atoms with Crippen molar-refractivity contribution in [2.75, 3.05) is 25.4 Å². The van der Waals surface area contributed by atoms with Crippen LogP contribution in [0.4, 0.5) is 0 Å². The summed E-state index contributed by atoms with van der Waals surface area (Å²) in [6.07, 6.45) is 2.33. The minimum Gasteiger partial charge on any atom is -0.480 e. The van der Waals surface area contributed by atoms with Gasteiger partial charge in [-0.05, 0) is 19.4 Å². The van der Waals surface area contributed by atoms with Crippen LogP contribution in [-0.4, -0.2) is 52.3 Å². The molecule has 3 unspecified atom stereocenters. The Kier molecular flexibility index (Phi) is 2.23. The van der Waals surface area contributed by atoms with Crippen LogP contribution in [0.2, 0.25) is 0 Å². The zero-order chi connectivity index (χ0) is 10.5. The van der Waals surface area contributed by atoms with Gasteiger partial charge in [0.15, 0.2) is 0 Å². The normalized spacial score (nSPS) is 48.7. The number of nitrogens with zero attached hydrogens (tertiary/aromatic N) is 1. The number of carboxylic acids is 1. The molecular formula is C10H16N2O2S. The monoisotopic (exact) mass is 228 g/mol. The standard InChI is InChI=1S/C10H16N2O2S/c13-9(14)8-6-15-10(11-8)2-4-12-3-1-7(10)5-12/h7-8,11H,1-6H2,(H,13,14)/t7?,8-,10?/m1/s1. The molecule has 15 heavy (non-hydrogen) atoms. The van der Waals surface area contributed by atoms with Gasteiger partial charge < -0.3 is 10.0 Å². The Hall–Kier alpha value is -0.260. The molecule has 4 atom stereocenters. The number of carboxylic acid groups (broad SMARTS) is 1. The molecule has 0 aromatic carbocycles. The molecule has 0 aromatic heterocycles. The number of hydrogen-bond donors (Lipinski definition) is 2. The smallest absolute Gasteiger partial charge is 0.321 e. The van der Waals surface area contributed by atoms with Crippen molar-refractivity contribution in [3.05, 3.63) is 0 Å². The number of rotatable bonds is 1. The van der Waals surface area contributed by atoms with Crippen molar-refractivity contribution in [2.45, 2.75) is 23.8 Å². The summed E-state index contributed by atoms with van der Waals surface area (Å²) in [5.74, 6) is 0.687. The number of thioether (sulfide) groups is 1. The fraction of sp³-hybridized carbons (Fsp3) is 0.900. The third-order valence-corrected chi connectivity index (χ3v) is 5.63. The van der Waals surface area contributed by atoms with E-state index in [1.54, 1.807) is 0 Å². The van der Waals surface area contributed by atoms with Crippen LogP contribution in [0.5, 0.6) is 0 Å². The van der Waals surface area contributed by atoms with Crippen LogP contribution in [0.25, 0.3) is 0 Å². The average molecular weight is 228 g/mol. The molecule has 3 saturated heterocycles. The summed E-state index contributed by atoms with van der Waals surface area (Å²) < 4.78 is 0. The molecule has 0 aliphatic carbocycles. The van der Waals surface area contributed by atoms with Gasteiger partial charge in [-0.1, -0.05) is 0 Å². The number of hydrogen-bond acceptors (Lipinski definition) is 4. The lowest BCUT2D eigenvalue weighted by atomic mass is 9.92. The van der Waals surface area contributed by atoms with Crippen molar-refractivity contribution < 1.29 is 9.90 Å². The Bertz CT molecular complexity index is 299. The van der Waals surface area contributed by atoms with Crippen molar-refractivity contribution >= 4 is 17.7 Å². The van der Waals surface area contributed by atoms with Crippen LogP contribution in [0, 0.1) is 5.92 Å². The van der Waals surface area contributed by atoms with E-state index >= 15 is 0 Å². The lowest BCUT2D eigenvalue weighted by Gasteiger charge is -2.39. The van der Waals surface area contributed by atoms with Gasteiger partial charge in [-0.15, -0.1) is 11.8 Å². The van der Waals surface area contributed by atoms with E-state index < -0.39 is 5.97 Å². The summed E-state index contributed by atoms with van der Waals surface area (Å²) in [4.78, 5) is 13.5. The van der Waals surface area contributed by atoms with Crippen LogP contribution < -0.4 is 5.32 Å². The van der Waals surface area contributed by atoms with Gasteiger partial charge in [0, 0.05) is 24.8 Å². The van der Waals surface area contributed by atoms with E-state index in [9.17, 15) is 4.79 Å². The molecule has 3 heterocycles. The highest BCUT2D eigenvalue weighted by Gasteiger charge is 2.51. The molecule has 2 bridgehead atoms. The molecule has 1 spiro atoms. The maximum atomic E-state index is 10.9. The van der Waals surface area contributed by atoms with Gasteiger partial charge in [-0.3, -0.25) is 10.1 Å². The first-order valence-electron chi connectivity index (χ1n) is 5.56. The van der Waals surface area contributed by atoms with Crippen molar-refractivity contribution in [2.24, 2.45) is 5.92 Å². The Labute approximate surface area is 93.4 Å². The van der Waals surface area contributed by atoms with Gasteiger partial charge in [-0.2, -0.15) is 0 Å². The largest absolute Gasteiger partial charge is 0.480 e. The molecule has 0 amide bonds. The molecule has 2 N–H and O–H groups in total. The highest BCUT2D eigenvalue weighted by atomic mass is 32.2. The number of nitrogens with one attached hydrogen (secondary N) is 1. The van der Waals surface area contributed by atoms with Crippen LogP contribution in [-0.2, 0) is 4.79 Å². The number of piperidine rings is 1. The summed E-state index contributed by atoms with van der Waals surface area (Å²) >= 11 is 1.84. The molecule has 4 nitrogen and oxygen atoms in total. The Morgan fingerprint density at radius 1 is 1.53 bits per heavy atom. The van der Waals surface area contributed by atoms with Crippen molar-refractivity contribution in [1.29, 1.82) is 0 Å². The van der Waals surface area contributed by atoms with E-state index in [1.807, 2.05) is 11.8 Å². The molecule has 0 saturated carbocycles. The Balaban J connectivity index is 1.78. The van der Waals surface area contributed by atoms with Crippen LogP contribution in [0.3, 0.4) is 0 Å². The molecule has 84 valence electrons. The second-order valence-electron chi connectivity index (χ2n) is 4.77. The second kappa shape index (κ2) is 3.37. The first-order valence-corrected chi connectivity index (χ1v) is 6.55. The molecule has 0 radical (unpaired) electrons. The summed E-state index contributed by atoms with van der Waals surface area (Å²) in [6, 6.07) is -0.331. The van der Waals surface area contributed by atoms with Crippen molar-refractivity contribution in [3.8, 4) is 0 Å². The van der Waals surface area contributed by atoms with E-state index in [0.717, 1.165) is 25.3 Å². The fourth-order valence-electron chi connectivity index (χ4n) is 3.07. The number of carbonyl (C=O) groups is 1. The lowest BCUT2D eigenvalue weighted by Crippen LogP contribution is -2.54. The molecule has 0 aromatic rings. The van der Waals surface area contributed by atoms with Crippen molar-refractivity contribution in [1.82, 2.24) is 10.2 Å². The van der Waals surface area contributed by atoms with Gasteiger partial charge in [-0.25, -0.2) is 0 Å². The SMILES string of the molecule is O=C(O)[C@H]1CSC2(CCN3CCC2C3)N1. The molecule has 5 heteroatoms. The molecule has 3 aliphatic heterocycles. The molecule has 3 fully saturated rings. The minimum atomic E-state index is -0.695. The van der Waals surface area contributed by atoms with E-state index in [0.29, 0.717) is 5.92 Å². The van der Waals surface area contributed by atoms with Gasteiger partial charge in [0.05, 0.1) is 4.87 Å². The quantitative estimate of drug-likeness (QED) is 0.671. The number of aliphatic carboxylic acids is 1. The zero-order valence-corrected chi connectivity index (χ0v) is 9.42. The lowest BCUT2D eigenvalue weighted by molar-refractivity contribution is -0.139. The van der Waals surface area contributed by atoms with Gasteiger partial charge in [0.1, 0.15) is 6.04 Å². The van der Waals surface area contributed by atoms with E-state index in [4.69, 9.17) is 5.11 Å². The summed E-state index contributed by atoms with van der Waals surface area (Å²) in [6.45, 7) is 3.49. The fourth-order valence-corrected chi connectivity index (χ4v) is 4.65. The van der Waals surface area contributed by atoms with E-state index in [1.165, 1.54) is 13.0 Å². The molecule has 3 aliphatic rings. The van der Waals surface area contributed by atoms with Crippen LogP contribution in [0.1, 0.15) is 12.8 Å². The van der Waals surface area contributed by atoms with E-state index in [-0.39, 0.29) is 10.9 Å². The Morgan fingerprint density at radius 2 is 2.40 bits per heavy atom. The highest BCUT2D eigenvalue weighted by molar-refractivity contribution is 8.01. The summed E-state index contributed by atoms with van der Waals surface area (Å²) in [7, 11) is 0. The summed E-state index contributed by atoms with van der Waals surface area (Å²) in [5.41, 5.74) is 0. The minimum absolute atomic E-state index is 0.0794. The van der Waals surface area contributed by atoms with Gasteiger partial charge in [0.25, 0.3) is 0 Å². The topological polar surface area (TPSA) is 52.6 Å². The third-order valence-electron chi connectivity index (χ3n) is 3.96. The molecular weight excluding hydrogens is 212 g/mol. The van der Waals surface area contributed by atoms with Crippen LogP contribution in [0.15, 0.2) is 0 Å². The Morgan fingerprint density at radius 3 is 3.13 bits per heavy atom. The maximum absolute atomic E-state index is 10.9. The third kappa shape index (κ3) is 1.48. The van der Waals surface area contributed by atoms with Gasteiger partial charge >= 0.3 is 5.97 Å². The van der Waals surface area contributed by atoms with Crippen molar-refractivity contribution in [3.63, 3.8) is 0 Å². The zero-order valence-electron chi connectivity index (χ0n) is 8.61. The first-order chi connectivity index (χ1) is 7.20. The van der Waals surface area contributed by atoms with Crippen LogP contribution >= 0.6 is 11.8 Å². The first kappa shape index (κ1) is 9.93. The predicted octanol–water partition coefficient (Wildman–Crippen LogP) is 0.198.